The molecule has 0 bridgehead atoms. The van der Waals surface area contributed by atoms with Gasteiger partial charge in [0.1, 0.15) is 5.69 Å². The van der Waals surface area contributed by atoms with Crippen LogP contribution in [0.3, 0.4) is 0 Å². The maximum absolute atomic E-state index is 13.1. The molecular formula is C16H20F3NO2. The number of nitrogens with zero attached hydrogens (tertiary/aromatic N) is 1. The van der Waals surface area contributed by atoms with Crippen LogP contribution in [0.15, 0.2) is 6.07 Å². The number of hydrogen-bond acceptors (Lipinski definition) is 2. The SMILES string of the molecule is CC(=O)c1c(C2CC3CC(O)CC3C2)cc(C(F)(F)F)n1C. The van der Waals surface area contributed by atoms with Gasteiger partial charge in [0.05, 0.1) is 11.8 Å². The summed E-state index contributed by atoms with van der Waals surface area (Å²) in [6, 6.07) is 1.15. The number of carbonyl (C=O) groups is 1. The normalized spacial score (nSPS) is 31.5. The second kappa shape index (κ2) is 5.11. The van der Waals surface area contributed by atoms with Crippen molar-refractivity contribution in [2.24, 2.45) is 18.9 Å². The predicted molar refractivity (Wildman–Crippen MR) is 74.6 cm³/mol. The van der Waals surface area contributed by atoms with Gasteiger partial charge in [-0.25, -0.2) is 0 Å². The van der Waals surface area contributed by atoms with Crippen molar-refractivity contribution in [3.05, 3.63) is 23.0 Å². The Balaban J connectivity index is 1.96. The van der Waals surface area contributed by atoms with E-state index >= 15 is 0 Å². The van der Waals surface area contributed by atoms with E-state index in [-0.39, 0.29) is 23.5 Å². The monoisotopic (exact) mass is 315 g/mol. The van der Waals surface area contributed by atoms with Gasteiger partial charge in [0.25, 0.3) is 0 Å². The minimum atomic E-state index is -4.46. The molecule has 2 unspecified atom stereocenters. The lowest BCUT2D eigenvalue weighted by Crippen LogP contribution is -2.14. The van der Waals surface area contributed by atoms with Gasteiger partial charge in [-0.1, -0.05) is 0 Å². The number of Topliss-reactive ketones (excluding diaryl/α,β-unsaturated/α-hetero) is 1. The number of rotatable bonds is 2. The van der Waals surface area contributed by atoms with Crippen molar-refractivity contribution in [1.29, 1.82) is 0 Å². The molecular weight excluding hydrogens is 295 g/mol. The molecule has 0 radical (unpaired) electrons. The first kappa shape index (κ1) is 15.6. The van der Waals surface area contributed by atoms with E-state index in [9.17, 15) is 23.1 Å². The molecule has 2 aliphatic rings. The number of aliphatic hydroxyl groups excluding tert-OH is 1. The molecule has 0 amide bonds. The number of ketones is 1. The van der Waals surface area contributed by atoms with Crippen LogP contribution in [0.2, 0.25) is 0 Å². The summed E-state index contributed by atoms with van der Waals surface area (Å²) in [4.78, 5) is 11.9. The Morgan fingerprint density at radius 2 is 1.77 bits per heavy atom. The van der Waals surface area contributed by atoms with E-state index in [0.717, 1.165) is 36.3 Å². The van der Waals surface area contributed by atoms with Crippen LogP contribution < -0.4 is 0 Å². The zero-order valence-corrected chi connectivity index (χ0v) is 12.7. The van der Waals surface area contributed by atoms with E-state index in [2.05, 4.69) is 0 Å². The summed E-state index contributed by atoms with van der Waals surface area (Å²) in [6.07, 6.45) is -1.73. The van der Waals surface area contributed by atoms with Crippen molar-refractivity contribution in [1.82, 2.24) is 4.57 Å². The molecule has 1 heterocycles. The fraction of sp³-hybridized carbons (Fsp3) is 0.688. The first-order valence-corrected chi connectivity index (χ1v) is 7.64. The highest BCUT2D eigenvalue weighted by atomic mass is 19.4. The van der Waals surface area contributed by atoms with Crippen molar-refractivity contribution in [2.75, 3.05) is 0 Å². The molecule has 2 aliphatic carbocycles. The van der Waals surface area contributed by atoms with Crippen LogP contribution in [0.25, 0.3) is 0 Å². The molecule has 2 fully saturated rings. The minimum absolute atomic E-state index is 0.0105. The Kier molecular flexibility index (Phi) is 3.62. The molecule has 22 heavy (non-hydrogen) atoms. The molecule has 122 valence electrons. The largest absolute Gasteiger partial charge is 0.431 e. The van der Waals surface area contributed by atoms with Crippen molar-refractivity contribution < 1.29 is 23.1 Å². The lowest BCUT2D eigenvalue weighted by Gasteiger charge is -2.13. The number of alkyl halides is 3. The molecule has 0 aromatic carbocycles. The number of aromatic nitrogens is 1. The van der Waals surface area contributed by atoms with Gasteiger partial charge in [0.15, 0.2) is 5.78 Å². The highest BCUT2D eigenvalue weighted by Gasteiger charge is 2.44. The topological polar surface area (TPSA) is 42.2 Å². The van der Waals surface area contributed by atoms with Crippen molar-refractivity contribution in [3.63, 3.8) is 0 Å². The fourth-order valence-corrected chi connectivity index (χ4v) is 4.49. The number of fused-ring (bicyclic) bond motifs is 1. The summed E-state index contributed by atoms with van der Waals surface area (Å²) in [5.74, 6) is 0.400. The molecule has 1 aromatic rings. The highest BCUT2D eigenvalue weighted by Crippen LogP contribution is 2.51. The Morgan fingerprint density at radius 1 is 1.23 bits per heavy atom. The first-order valence-electron chi connectivity index (χ1n) is 7.64. The van der Waals surface area contributed by atoms with Crippen LogP contribution in [0.1, 0.15) is 60.3 Å². The summed E-state index contributed by atoms with van der Waals surface area (Å²) in [6.45, 7) is 1.32. The maximum Gasteiger partial charge on any atom is 0.431 e. The zero-order valence-electron chi connectivity index (χ0n) is 12.7. The van der Waals surface area contributed by atoms with Crippen LogP contribution in [0.4, 0.5) is 13.2 Å². The van der Waals surface area contributed by atoms with Gasteiger partial charge >= 0.3 is 6.18 Å². The third-order valence-electron chi connectivity index (χ3n) is 5.32. The standard InChI is InChI=1S/C16H20F3NO2/c1-8(21)15-13(7-14(20(15)2)16(17,18)19)11-3-9-5-12(22)6-10(9)4-11/h7,9-12,22H,3-6H2,1-2H3. The number of aliphatic hydroxyl groups is 1. The van der Waals surface area contributed by atoms with Gasteiger partial charge in [-0.2, -0.15) is 13.2 Å². The Labute approximate surface area is 127 Å². The molecule has 0 spiro atoms. The number of carbonyl (C=O) groups excluding carboxylic acids is 1. The van der Waals surface area contributed by atoms with Crippen LogP contribution in [-0.4, -0.2) is 21.6 Å². The average Bonchev–Trinajstić information content (AvgIpc) is 2.97. The molecule has 3 nitrogen and oxygen atoms in total. The summed E-state index contributed by atoms with van der Waals surface area (Å²) >= 11 is 0. The van der Waals surface area contributed by atoms with Gasteiger partial charge in [-0.3, -0.25) is 4.79 Å². The van der Waals surface area contributed by atoms with Crippen LogP contribution in [0.5, 0.6) is 0 Å². The molecule has 0 aliphatic heterocycles. The maximum atomic E-state index is 13.1. The van der Waals surface area contributed by atoms with Crippen molar-refractivity contribution in [3.8, 4) is 0 Å². The third kappa shape index (κ3) is 2.47. The van der Waals surface area contributed by atoms with Crippen molar-refractivity contribution >= 4 is 5.78 Å². The van der Waals surface area contributed by atoms with Crippen LogP contribution >= 0.6 is 0 Å². The predicted octanol–water partition coefficient (Wildman–Crippen LogP) is 3.51. The lowest BCUT2D eigenvalue weighted by atomic mass is 9.93. The second-order valence-electron chi connectivity index (χ2n) is 6.76. The fourth-order valence-electron chi connectivity index (χ4n) is 4.49. The van der Waals surface area contributed by atoms with Gasteiger partial charge < -0.3 is 9.67 Å². The summed E-state index contributed by atoms with van der Waals surface area (Å²) in [7, 11) is 1.31. The van der Waals surface area contributed by atoms with Gasteiger partial charge in [-0.15, -0.1) is 0 Å². The Bertz CT molecular complexity index is 591. The quantitative estimate of drug-likeness (QED) is 0.849. The third-order valence-corrected chi connectivity index (χ3v) is 5.32. The van der Waals surface area contributed by atoms with Gasteiger partial charge in [-0.05, 0) is 55.1 Å². The smallest absolute Gasteiger partial charge is 0.393 e. The van der Waals surface area contributed by atoms with E-state index < -0.39 is 11.9 Å². The van der Waals surface area contributed by atoms with Crippen molar-refractivity contribution in [2.45, 2.75) is 50.8 Å². The molecule has 1 aromatic heterocycles. The van der Waals surface area contributed by atoms with Crippen LogP contribution in [0, 0.1) is 11.8 Å². The number of halogens is 3. The minimum Gasteiger partial charge on any atom is -0.393 e. The Hall–Kier alpha value is -1.30. The van der Waals surface area contributed by atoms with E-state index in [0.29, 0.717) is 17.4 Å². The first-order chi connectivity index (χ1) is 10.2. The zero-order chi connectivity index (χ0) is 16.2. The molecule has 2 saturated carbocycles. The molecule has 1 N–H and O–H groups in total. The summed E-state index contributed by atoms with van der Waals surface area (Å²) < 4.78 is 40.3. The molecule has 2 atom stereocenters. The number of hydrogen-bond donors (Lipinski definition) is 1. The van der Waals surface area contributed by atoms with E-state index in [1.165, 1.54) is 14.0 Å². The summed E-state index contributed by atoms with van der Waals surface area (Å²) in [5, 5.41) is 9.68. The molecule has 6 heteroatoms. The van der Waals surface area contributed by atoms with Gasteiger partial charge in [0.2, 0.25) is 0 Å². The van der Waals surface area contributed by atoms with E-state index in [4.69, 9.17) is 0 Å². The summed E-state index contributed by atoms with van der Waals surface area (Å²) in [5.41, 5.74) is -0.0474. The van der Waals surface area contributed by atoms with Gasteiger partial charge in [0, 0.05) is 14.0 Å². The average molecular weight is 315 g/mol. The molecule has 3 rings (SSSR count). The highest BCUT2D eigenvalue weighted by molar-refractivity contribution is 5.94. The molecule has 0 saturated heterocycles. The second-order valence-corrected chi connectivity index (χ2v) is 6.76. The lowest BCUT2D eigenvalue weighted by molar-refractivity contribution is -0.143. The van der Waals surface area contributed by atoms with Crippen LogP contribution in [-0.2, 0) is 13.2 Å². The van der Waals surface area contributed by atoms with E-state index in [1.807, 2.05) is 0 Å². The Morgan fingerprint density at radius 3 is 2.23 bits per heavy atom. The van der Waals surface area contributed by atoms with E-state index in [1.54, 1.807) is 0 Å².